The summed E-state index contributed by atoms with van der Waals surface area (Å²) in [5.74, 6) is 1.63. The summed E-state index contributed by atoms with van der Waals surface area (Å²) >= 11 is 0. The number of amides is 1. The van der Waals surface area contributed by atoms with Crippen molar-refractivity contribution < 1.29 is 4.79 Å². The molecular weight excluding hydrogens is 230 g/mol. The molecule has 0 saturated carbocycles. The van der Waals surface area contributed by atoms with E-state index in [0.717, 1.165) is 38.1 Å². The number of hydrogen-bond acceptors (Lipinski definition) is 4. The Morgan fingerprint density at radius 2 is 2.50 bits per heavy atom. The van der Waals surface area contributed by atoms with Crippen molar-refractivity contribution in [1.82, 2.24) is 25.8 Å². The van der Waals surface area contributed by atoms with Crippen LogP contribution in [-0.4, -0.2) is 40.2 Å². The van der Waals surface area contributed by atoms with Crippen molar-refractivity contribution in [1.29, 1.82) is 0 Å². The molecule has 2 heterocycles. The summed E-state index contributed by atoms with van der Waals surface area (Å²) in [6, 6.07) is -0.0148. The van der Waals surface area contributed by atoms with Gasteiger partial charge in [0.15, 0.2) is 0 Å². The Morgan fingerprint density at radius 1 is 1.61 bits per heavy atom. The minimum atomic E-state index is -0.0148. The van der Waals surface area contributed by atoms with E-state index in [0.29, 0.717) is 12.5 Å². The monoisotopic (exact) mass is 251 g/mol. The molecule has 2 unspecified atom stereocenters. The summed E-state index contributed by atoms with van der Waals surface area (Å²) < 4.78 is 0. The molecular formula is C12H21N5O. The zero-order valence-electron chi connectivity index (χ0n) is 10.8. The predicted octanol–water partition coefficient (Wildman–Crippen LogP) is 0.242. The highest BCUT2D eigenvalue weighted by atomic mass is 16.2. The minimum Gasteiger partial charge on any atom is -0.355 e. The lowest BCUT2D eigenvalue weighted by Crippen LogP contribution is -2.48. The largest absolute Gasteiger partial charge is 0.355 e. The summed E-state index contributed by atoms with van der Waals surface area (Å²) in [5, 5.41) is 12.8. The van der Waals surface area contributed by atoms with Gasteiger partial charge in [0.2, 0.25) is 5.91 Å². The lowest BCUT2D eigenvalue weighted by molar-refractivity contribution is -0.124. The number of aromatic nitrogens is 3. The molecule has 3 N–H and O–H groups in total. The number of rotatable bonds is 5. The molecule has 1 fully saturated rings. The number of aromatic amines is 1. The fraction of sp³-hybridized carbons (Fsp3) is 0.750. The van der Waals surface area contributed by atoms with Crippen molar-refractivity contribution in [3.8, 4) is 0 Å². The zero-order valence-corrected chi connectivity index (χ0v) is 10.8. The molecule has 0 spiro atoms. The van der Waals surface area contributed by atoms with Crippen LogP contribution in [-0.2, 0) is 11.2 Å². The third-order valence-corrected chi connectivity index (χ3v) is 3.34. The van der Waals surface area contributed by atoms with Crippen molar-refractivity contribution in [2.24, 2.45) is 5.92 Å². The van der Waals surface area contributed by atoms with E-state index in [2.05, 4.69) is 32.7 Å². The average Bonchev–Trinajstić information content (AvgIpc) is 2.87. The molecule has 1 aliphatic rings. The number of aryl methyl sites for hydroxylation is 1. The third-order valence-electron chi connectivity index (χ3n) is 3.34. The Balaban J connectivity index is 1.62. The number of piperidine rings is 1. The molecule has 0 radical (unpaired) electrons. The second-order valence-corrected chi connectivity index (χ2v) is 4.96. The number of H-pyrrole nitrogens is 1. The van der Waals surface area contributed by atoms with Crippen LogP contribution >= 0.6 is 0 Å². The van der Waals surface area contributed by atoms with Crippen LogP contribution in [0, 0.1) is 5.92 Å². The molecule has 1 aromatic rings. The van der Waals surface area contributed by atoms with Gasteiger partial charge < -0.3 is 10.6 Å². The molecule has 0 aliphatic carbocycles. The molecule has 0 aromatic carbocycles. The van der Waals surface area contributed by atoms with Crippen LogP contribution in [0.1, 0.15) is 32.0 Å². The summed E-state index contributed by atoms with van der Waals surface area (Å²) in [4.78, 5) is 15.9. The topological polar surface area (TPSA) is 82.7 Å². The lowest BCUT2D eigenvalue weighted by atomic mass is 9.94. The van der Waals surface area contributed by atoms with Gasteiger partial charge in [0.25, 0.3) is 0 Å². The quantitative estimate of drug-likeness (QED) is 0.655. The van der Waals surface area contributed by atoms with Crippen molar-refractivity contribution in [3.63, 3.8) is 0 Å². The number of carbonyl (C=O) groups excluding carboxylic acids is 1. The van der Waals surface area contributed by atoms with Gasteiger partial charge in [-0.2, -0.15) is 5.10 Å². The maximum absolute atomic E-state index is 11.9. The highest BCUT2D eigenvalue weighted by Gasteiger charge is 2.23. The van der Waals surface area contributed by atoms with Gasteiger partial charge in [-0.15, -0.1) is 0 Å². The Bertz CT molecular complexity index is 365. The van der Waals surface area contributed by atoms with E-state index in [1.165, 1.54) is 6.33 Å². The Kier molecular flexibility index (Phi) is 4.69. The highest BCUT2D eigenvalue weighted by Crippen LogP contribution is 2.14. The van der Waals surface area contributed by atoms with Gasteiger partial charge in [0.1, 0.15) is 12.2 Å². The van der Waals surface area contributed by atoms with E-state index in [4.69, 9.17) is 0 Å². The Hall–Kier alpha value is -1.43. The van der Waals surface area contributed by atoms with E-state index in [-0.39, 0.29) is 11.9 Å². The van der Waals surface area contributed by atoms with Crippen LogP contribution < -0.4 is 10.6 Å². The first-order valence-electron chi connectivity index (χ1n) is 6.61. The van der Waals surface area contributed by atoms with Crippen molar-refractivity contribution >= 4 is 5.91 Å². The van der Waals surface area contributed by atoms with Crippen LogP contribution in [0.4, 0.5) is 0 Å². The van der Waals surface area contributed by atoms with Crippen LogP contribution in [0.25, 0.3) is 0 Å². The van der Waals surface area contributed by atoms with Crippen LogP contribution in [0.5, 0.6) is 0 Å². The summed E-state index contributed by atoms with van der Waals surface area (Å²) in [6.07, 6.45) is 5.29. The van der Waals surface area contributed by atoms with Crippen molar-refractivity contribution in [2.45, 2.75) is 38.6 Å². The first-order valence-corrected chi connectivity index (χ1v) is 6.61. The molecule has 6 heteroatoms. The minimum absolute atomic E-state index is 0.0148. The molecule has 6 nitrogen and oxygen atoms in total. The number of carbonyl (C=O) groups is 1. The molecule has 2 rings (SSSR count). The van der Waals surface area contributed by atoms with E-state index < -0.39 is 0 Å². The maximum Gasteiger partial charge on any atom is 0.237 e. The second-order valence-electron chi connectivity index (χ2n) is 4.96. The third kappa shape index (κ3) is 3.80. The fourth-order valence-corrected chi connectivity index (χ4v) is 2.25. The van der Waals surface area contributed by atoms with Gasteiger partial charge in [-0.05, 0) is 31.7 Å². The molecule has 1 aliphatic heterocycles. The average molecular weight is 251 g/mol. The van der Waals surface area contributed by atoms with E-state index >= 15 is 0 Å². The van der Waals surface area contributed by atoms with Crippen LogP contribution in [0.15, 0.2) is 6.33 Å². The molecule has 18 heavy (non-hydrogen) atoms. The summed E-state index contributed by atoms with van der Waals surface area (Å²) in [5.41, 5.74) is 0. The normalized spacial score (nSPS) is 23.8. The van der Waals surface area contributed by atoms with Gasteiger partial charge in [-0.3, -0.25) is 9.89 Å². The lowest BCUT2D eigenvalue weighted by Gasteiger charge is -2.27. The molecule has 1 saturated heterocycles. The van der Waals surface area contributed by atoms with Gasteiger partial charge in [0, 0.05) is 13.0 Å². The molecule has 2 atom stereocenters. The standard InChI is InChI=1S/C12H21N5O/c1-9-4-6-13-10(7-9)12(18)14-5-2-3-11-15-8-16-17-11/h8-10,13H,2-7H2,1H3,(H,14,18)(H,15,16,17). The molecule has 1 amide bonds. The SMILES string of the molecule is CC1CCNC(C(=O)NCCCc2ncn[nH]2)C1. The maximum atomic E-state index is 11.9. The molecule has 0 bridgehead atoms. The van der Waals surface area contributed by atoms with Gasteiger partial charge in [-0.1, -0.05) is 6.92 Å². The number of nitrogens with zero attached hydrogens (tertiary/aromatic N) is 2. The first kappa shape index (κ1) is 13.0. The molecule has 100 valence electrons. The summed E-state index contributed by atoms with van der Waals surface area (Å²) in [7, 11) is 0. The highest BCUT2D eigenvalue weighted by molar-refractivity contribution is 5.81. The van der Waals surface area contributed by atoms with Crippen molar-refractivity contribution in [2.75, 3.05) is 13.1 Å². The smallest absolute Gasteiger partial charge is 0.237 e. The van der Waals surface area contributed by atoms with Crippen molar-refractivity contribution in [3.05, 3.63) is 12.2 Å². The fourth-order valence-electron chi connectivity index (χ4n) is 2.25. The van der Waals surface area contributed by atoms with Gasteiger partial charge >= 0.3 is 0 Å². The van der Waals surface area contributed by atoms with E-state index in [1.54, 1.807) is 0 Å². The molecule has 1 aromatic heterocycles. The second kappa shape index (κ2) is 6.49. The van der Waals surface area contributed by atoms with Crippen LogP contribution in [0.2, 0.25) is 0 Å². The van der Waals surface area contributed by atoms with E-state index in [1.807, 2.05) is 0 Å². The van der Waals surface area contributed by atoms with Gasteiger partial charge in [-0.25, -0.2) is 4.98 Å². The Labute approximate surface area is 107 Å². The predicted molar refractivity (Wildman–Crippen MR) is 67.9 cm³/mol. The number of nitrogens with one attached hydrogen (secondary N) is 3. The Morgan fingerprint density at radius 3 is 3.22 bits per heavy atom. The zero-order chi connectivity index (χ0) is 12.8. The first-order chi connectivity index (χ1) is 8.75. The van der Waals surface area contributed by atoms with E-state index in [9.17, 15) is 4.79 Å². The van der Waals surface area contributed by atoms with Crippen LogP contribution in [0.3, 0.4) is 0 Å². The number of hydrogen-bond donors (Lipinski definition) is 3. The van der Waals surface area contributed by atoms with Gasteiger partial charge in [0.05, 0.1) is 6.04 Å². The summed E-state index contributed by atoms with van der Waals surface area (Å²) in [6.45, 7) is 3.83.